The smallest absolute Gasteiger partial charge is 0.179 e. The fourth-order valence-electron chi connectivity index (χ4n) is 1.00. The molecule has 0 amide bonds. The van der Waals surface area contributed by atoms with E-state index in [4.69, 9.17) is 16.9 Å². The standard InChI is InChI=1S/C10H7BrClNO/c1-6(5-13)10(14)7-2-8(11)4-9(12)3-7/h2-4,6H,1H3. The third-order valence-corrected chi connectivity index (χ3v) is 2.41. The van der Waals surface area contributed by atoms with Crippen molar-refractivity contribution in [3.63, 3.8) is 0 Å². The Hall–Kier alpha value is -0.850. The maximum atomic E-state index is 11.6. The van der Waals surface area contributed by atoms with Gasteiger partial charge in [0.15, 0.2) is 5.78 Å². The zero-order chi connectivity index (χ0) is 10.7. The first-order valence-corrected chi connectivity index (χ1v) is 5.11. The predicted octanol–water partition coefficient (Wildman–Crippen LogP) is 3.44. The van der Waals surface area contributed by atoms with Crippen molar-refractivity contribution in [2.24, 2.45) is 5.92 Å². The van der Waals surface area contributed by atoms with Gasteiger partial charge < -0.3 is 0 Å². The van der Waals surface area contributed by atoms with Gasteiger partial charge in [0, 0.05) is 15.1 Å². The molecule has 0 fully saturated rings. The molecule has 0 bridgehead atoms. The summed E-state index contributed by atoms with van der Waals surface area (Å²) >= 11 is 9.01. The number of Topliss-reactive ketones (excluding diaryl/α,β-unsaturated/α-hetero) is 1. The summed E-state index contributed by atoms with van der Waals surface area (Å²) in [6.07, 6.45) is 0. The second-order valence-electron chi connectivity index (χ2n) is 2.87. The lowest BCUT2D eigenvalue weighted by molar-refractivity contribution is 0.0956. The molecule has 0 radical (unpaired) electrons. The minimum Gasteiger partial charge on any atom is -0.293 e. The average molecular weight is 273 g/mol. The number of benzene rings is 1. The molecule has 1 aromatic rings. The highest BCUT2D eigenvalue weighted by Crippen LogP contribution is 2.21. The molecule has 2 nitrogen and oxygen atoms in total. The van der Waals surface area contributed by atoms with E-state index in [1.165, 1.54) is 0 Å². The zero-order valence-corrected chi connectivity index (χ0v) is 9.76. The molecule has 1 atom stereocenters. The number of ketones is 1. The van der Waals surface area contributed by atoms with Crippen LogP contribution in [0.25, 0.3) is 0 Å². The van der Waals surface area contributed by atoms with Crippen LogP contribution < -0.4 is 0 Å². The van der Waals surface area contributed by atoms with Crippen molar-refractivity contribution >= 4 is 33.3 Å². The Morgan fingerprint density at radius 2 is 2.21 bits per heavy atom. The van der Waals surface area contributed by atoms with Gasteiger partial charge in [0.25, 0.3) is 0 Å². The molecule has 1 rings (SSSR count). The van der Waals surface area contributed by atoms with Crippen LogP contribution in [0.5, 0.6) is 0 Å². The molecule has 0 aromatic heterocycles. The van der Waals surface area contributed by atoms with E-state index in [9.17, 15) is 4.79 Å². The largest absolute Gasteiger partial charge is 0.293 e. The highest BCUT2D eigenvalue weighted by molar-refractivity contribution is 9.10. The van der Waals surface area contributed by atoms with E-state index >= 15 is 0 Å². The van der Waals surface area contributed by atoms with Crippen molar-refractivity contribution < 1.29 is 4.79 Å². The van der Waals surface area contributed by atoms with Crippen LogP contribution in [0.15, 0.2) is 22.7 Å². The van der Waals surface area contributed by atoms with Gasteiger partial charge in [-0.2, -0.15) is 5.26 Å². The molecule has 0 N–H and O–H groups in total. The molecular weight excluding hydrogens is 265 g/mol. The molecule has 0 aliphatic heterocycles. The van der Waals surface area contributed by atoms with Crippen LogP contribution in [0.4, 0.5) is 0 Å². The van der Waals surface area contributed by atoms with E-state index in [1.807, 2.05) is 6.07 Å². The van der Waals surface area contributed by atoms with E-state index in [2.05, 4.69) is 15.9 Å². The van der Waals surface area contributed by atoms with Crippen molar-refractivity contribution in [2.45, 2.75) is 6.92 Å². The number of rotatable bonds is 2. The Bertz CT molecular complexity index is 391. The second kappa shape index (κ2) is 4.59. The average Bonchev–Trinajstić information content (AvgIpc) is 2.14. The van der Waals surface area contributed by atoms with Crippen LogP contribution in [0.1, 0.15) is 17.3 Å². The third kappa shape index (κ3) is 2.57. The molecule has 1 aromatic carbocycles. The molecular formula is C10H7BrClNO. The van der Waals surface area contributed by atoms with Crippen LogP contribution in [-0.4, -0.2) is 5.78 Å². The minimum absolute atomic E-state index is 0.212. The van der Waals surface area contributed by atoms with Gasteiger partial charge in [-0.1, -0.05) is 27.5 Å². The van der Waals surface area contributed by atoms with E-state index < -0.39 is 5.92 Å². The van der Waals surface area contributed by atoms with Crippen molar-refractivity contribution in [2.75, 3.05) is 0 Å². The minimum atomic E-state index is -0.639. The quantitative estimate of drug-likeness (QED) is 0.774. The monoisotopic (exact) mass is 271 g/mol. The lowest BCUT2D eigenvalue weighted by atomic mass is 10.0. The van der Waals surface area contributed by atoms with Crippen molar-refractivity contribution in [1.82, 2.24) is 0 Å². The molecule has 1 unspecified atom stereocenters. The summed E-state index contributed by atoms with van der Waals surface area (Å²) in [5.74, 6) is -0.851. The van der Waals surface area contributed by atoms with Gasteiger partial charge >= 0.3 is 0 Å². The fourth-order valence-corrected chi connectivity index (χ4v) is 1.86. The van der Waals surface area contributed by atoms with Gasteiger partial charge in [-0.15, -0.1) is 0 Å². The van der Waals surface area contributed by atoms with Crippen LogP contribution in [0, 0.1) is 17.2 Å². The number of hydrogen-bond donors (Lipinski definition) is 0. The number of nitriles is 1. The highest BCUT2D eigenvalue weighted by Gasteiger charge is 2.14. The Kier molecular flexibility index (Phi) is 3.68. The molecule has 0 aliphatic rings. The topological polar surface area (TPSA) is 40.9 Å². The number of halogens is 2. The SMILES string of the molecule is CC(C#N)C(=O)c1cc(Cl)cc(Br)c1. The molecule has 4 heteroatoms. The Morgan fingerprint density at radius 1 is 1.57 bits per heavy atom. The van der Waals surface area contributed by atoms with Gasteiger partial charge in [-0.25, -0.2) is 0 Å². The highest BCUT2D eigenvalue weighted by atomic mass is 79.9. The summed E-state index contributed by atoms with van der Waals surface area (Å²) in [6, 6.07) is 6.80. The Balaban J connectivity index is 3.09. The van der Waals surface area contributed by atoms with E-state index in [0.717, 1.165) is 4.47 Å². The summed E-state index contributed by atoms with van der Waals surface area (Å²) in [6.45, 7) is 1.57. The molecule has 0 saturated carbocycles. The molecule has 72 valence electrons. The van der Waals surface area contributed by atoms with Crippen LogP contribution in [-0.2, 0) is 0 Å². The first-order chi connectivity index (χ1) is 6.54. The maximum Gasteiger partial charge on any atom is 0.179 e. The normalized spacial score (nSPS) is 11.9. The van der Waals surface area contributed by atoms with E-state index in [-0.39, 0.29) is 5.78 Å². The summed E-state index contributed by atoms with van der Waals surface area (Å²) in [5.41, 5.74) is 0.457. The lowest BCUT2D eigenvalue weighted by Crippen LogP contribution is -2.08. The van der Waals surface area contributed by atoms with Gasteiger partial charge in [0.1, 0.15) is 5.92 Å². The van der Waals surface area contributed by atoms with Crippen molar-refractivity contribution in [1.29, 1.82) is 5.26 Å². The van der Waals surface area contributed by atoms with Gasteiger partial charge in [0.2, 0.25) is 0 Å². The first kappa shape index (κ1) is 11.2. The zero-order valence-electron chi connectivity index (χ0n) is 7.42. The van der Waals surface area contributed by atoms with Gasteiger partial charge in [0.05, 0.1) is 6.07 Å². The van der Waals surface area contributed by atoms with Gasteiger partial charge in [-0.05, 0) is 25.1 Å². The van der Waals surface area contributed by atoms with E-state index in [1.54, 1.807) is 25.1 Å². The molecule has 14 heavy (non-hydrogen) atoms. The summed E-state index contributed by atoms with van der Waals surface area (Å²) in [4.78, 5) is 11.6. The number of carbonyl (C=O) groups is 1. The second-order valence-corrected chi connectivity index (χ2v) is 4.23. The number of carbonyl (C=O) groups excluding carboxylic acids is 1. The number of nitrogens with zero attached hydrogens (tertiary/aromatic N) is 1. The van der Waals surface area contributed by atoms with Crippen LogP contribution in [0.3, 0.4) is 0 Å². The van der Waals surface area contributed by atoms with Crippen molar-refractivity contribution in [3.8, 4) is 6.07 Å². The van der Waals surface area contributed by atoms with Gasteiger partial charge in [-0.3, -0.25) is 4.79 Å². The summed E-state index contributed by atoms with van der Waals surface area (Å²) < 4.78 is 0.735. The maximum absolute atomic E-state index is 11.6. The third-order valence-electron chi connectivity index (χ3n) is 1.73. The Labute approximate surface area is 95.6 Å². The number of hydrogen-bond acceptors (Lipinski definition) is 2. The van der Waals surface area contributed by atoms with Crippen molar-refractivity contribution in [3.05, 3.63) is 33.3 Å². The summed E-state index contributed by atoms with van der Waals surface area (Å²) in [7, 11) is 0. The molecule has 0 aliphatic carbocycles. The van der Waals surface area contributed by atoms with Crippen LogP contribution >= 0.6 is 27.5 Å². The Morgan fingerprint density at radius 3 is 2.71 bits per heavy atom. The molecule has 0 saturated heterocycles. The summed E-state index contributed by atoms with van der Waals surface area (Å²) in [5, 5.41) is 9.07. The molecule has 0 spiro atoms. The van der Waals surface area contributed by atoms with Crippen LogP contribution in [0.2, 0.25) is 5.02 Å². The predicted molar refractivity (Wildman–Crippen MR) is 58.3 cm³/mol. The first-order valence-electron chi connectivity index (χ1n) is 3.94. The van der Waals surface area contributed by atoms with E-state index in [0.29, 0.717) is 10.6 Å². The molecule has 0 heterocycles. The lowest BCUT2D eigenvalue weighted by Gasteiger charge is -2.03. The fraction of sp³-hybridized carbons (Fsp3) is 0.200.